The third-order valence-electron chi connectivity index (χ3n) is 4.58. The molecule has 1 aromatic heterocycles. The molecule has 1 saturated heterocycles. The van der Waals surface area contributed by atoms with Crippen molar-refractivity contribution in [2.24, 2.45) is 0 Å². The Hall–Kier alpha value is -2.50. The lowest BCUT2D eigenvalue weighted by molar-refractivity contribution is 0.170. The highest BCUT2D eigenvalue weighted by atomic mass is 16.5. The summed E-state index contributed by atoms with van der Waals surface area (Å²) in [4.78, 5) is 14.4. The van der Waals surface area contributed by atoms with E-state index in [4.69, 9.17) is 9.26 Å². The number of carbonyl (C=O) groups excluding carboxylic acids is 1. The minimum Gasteiger partial charge on any atom is -0.488 e. The van der Waals surface area contributed by atoms with Gasteiger partial charge in [0, 0.05) is 12.6 Å². The Morgan fingerprint density at radius 1 is 1.35 bits per heavy atom. The van der Waals surface area contributed by atoms with Crippen LogP contribution in [0.25, 0.3) is 11.3 Å². The lowest BCUT2D eigenvalue weighted by Gasteiger charge is -2.33. The van der Waals surface area contributed by atoms with Gasteiger partial charge in [0.2, 0.25) is 0 Å². The second-order valence-electron chi connectivity index (χ2n) is 6.09. The van der Waals surface area contributed by atoms with Gasteiger partial charge in [0.15, 0.2) is 11.6 Å². The first-order chi connectivity index (χ1) is 11.2. The summed E-state index contributed by atoms with van der Waals surface area (Å²) in [5, 5.41) is 6.93. The molecule has 6 heteroatoms. The zero-order valence-electron chi connectivity index (χ0n) is 13.0. The summed E-state index contributed by atoms with van der Waals surface area (Å²) in [6.45, 7) is 3.21. The zero-order valence-corrected chi connectivity index (χ0v) is 13.0. The molecule has 1 aromatic carbocycles. The molecule has 0 spiro atoms. The number of fused-ring (bicyclic) bond motifs is 3. The molecule has 1 fully saturated rings. The third kappa shape index (κ3) is 2.44. The van der Waals surface area contributed by atoms with Crippen LogP contribution in [0.15, 0.2) is 28.8 Å². The van der Waals surface area contributed by atoms with Crippen molar-refractivity contribution in [2.45, 2.75) is 38.8 Å². The maximum Gasteiger partial charge on any atom is 0.323 e. The molecule has 0 aliphatic carbocycles. The number of nitrogens with one attached hydrogen (secondary N) is 1. The Labute approximate surface area is 134 Å². The van der Waals surface area contributed by atoms with Crippen molar-refractivity contribution in [3.8, 4) is 17.1 Å². The molecule has 23 heavy (non-hydrogen) atoms. The Morgan fingerprint density at radius 2 is 2.22 bits per heavy atom. The fourth-order valence-corrected chi connectivity index (χ4v) is 3.26. The van der Waals surface area contributed by atoms with Crippen LogP contribution in [0.5, 0.6) is 5.75 Å². The van der Waals surface area contributed by atoms with Crippen LogP contribution >= 0.6 is 0 Å². The number of amides is 2. The zero-order chi connectivity index (χ0) is 15.8. The molecule has 4 rings (SSSR count). The first-order valence-electron chi connectivity index (χ1n) is 8.02. The van der Waals surface area contributed by atoms with Gasteiger partial charge in [-0.15, -0.1) is 0 Å². The second-order valence-corrected chi connectivity index (χ2v) is 6.09. The fraction of sp³-hybridized carbons (Fsp3) is 0.412. The molecule has 1 atom stereocenters. The van der Waals surface area contributed by atoms with Crippen molar-refractivity contribution in [2.75, 3.05) is 11.9 Å². The largest absolute Gasteiger partial charge is 0.488 e. The Balaban J connectivity index is 1.58. The molecule has 0 radical (unpaired) electrons. The monoisotopic (exact) mass is 313 g/mol. The van der Waals surface area contributed by atoms with E-state index < -0.39 is 0 Å². The number of hydrogen-bond donors (Lipinski definition) is 1. The number of hydrogen-bond acceptors (Lipinski definition) is 4. The maximum atomic E-state index is 12.5. The highest BCUT2D eigenvalue weighted by Crippen LogP contribution is 2.40. The summed E-state index contributed by atoms with van der Waals surface area (Å²) in [5.41, 5.74) is 1.66. The maximum absolute atomic E-state index is 12.5. The predicted octanol–water partition coefficient (Wildman–Crippen LogP) is 3.64. The summed E-state index contributed by atoms with van der Waals surface area (Å²) in [6.07, 6.45) is 3.26. The lowest BCUT2D eigenvalue weighted by Crippen LogP contribution is -2.44. The summed E-state index contributed by atoms with van der Waals surface area (Å²) in [5.74, 6) is 1.91. The van der Waals surface area contributed by atoms with Gasteiger partial charge in [0.25, 0.3) is 0 Å². The van der Waals surface area contributed by atoms with Gasteiger partial charge in [0.05, 0.1) is 11.1 Å². The number of aromatic nitrogens is 1. The van der Waals surface area contributed by atoms with E-state index in [-0.39, 0.29) is 12.1 Å². The number of likely N-dealkylation sites (tertiary alicyclic amines) is 1. The fourth-order valence-electron chi connectivity index (χ4n) is 3.26. The van der Waals surface area contributed by atoms with Crippen LogP contribution in [0.4, 0.5) is 10.6 Å². The summed E-state index contributed by atoms with van der Waals surface area (Å²) in [6, 6.07) is 7.80. The summed E-state index contributed by atoms with van der Waals surface area (Å²) >= 11 is 0. The molecule has 2 aliphatic rings. The topological polar surface area (TPSA) is 67.6 Å². The van der Waals surface area contributed by atoms with Crippen LogP contribution < -0.4 is 10.1 Å². The highest BCUT2D eigenvalue weighted by Gasteiger charge is 2.29. The van der Waals surface area contributed by atoms with Crippen LogP contribution in [0, 0.1) is 0 Å². The Morgan fingerprint density at radius 3 is 3.09 bits per heavy atom. The van der Waals surface area contributed by atoms with Gasteiger partial charge < -0.3 is 14.2 Å². The number of benzene rings is 1. The Kier molecular flexibility index (Phi) is 3.44. The Bertz CT molecular complexity index is 740. The van der Waals surface area contributed by atoms with Crippen molar-refractivity contribution in [3.05, 3.63) is 29.8 Å². The van der Waals surface area contributed by atoms with E-state index in [0.717, 1.165) is 36.3 Å². The van der Waals surface area contributed by atoms with Crippen molar-refractivity contribution >= 4 is 11.8 Å². The third-order valence-corrected chi connectivity index (χ3v) is 4.58. The molecule has 2 amide bonds. The van der Waals surface area contributed by atoms with Gasteiger partial charge in [-0.1, -0.05) is 17.3 Å². The number of carbonyl (C=O) groups is 1. The first kappa shape index (κ1) is 14.1. The van der Waals surface area contributed by atoms with Crippen molar-refractivity contribution in [1.29, 1.82) is 0 Å². The number of nitrogens with zero attached hydrogens (tertiary/aromatic N) is 2. The van der Waals surface area contributed by atoms with Gasteiger partial charge in [-0.25, -0.2) is 4.79 Å². The van der Waals surface area contributed by atoms with E-state index in [1.807, 2.05) is 29.2 Å². The molecular formula is C17H19N3O3. The number of urea groups is 1. The van der Waals surface area contributed by atoms with E-state index in [1.165, 1.54) is 6.42 Å². The smallest absolute Gasteiger partial charge is 0.323 e. The number of anilines is 1. The standard InChI is InChI=1S/C17H19N3O3/c1-11-6-4-5-9-20(11)17(21)18-16-13-10-22-14-8-3-2-7-12(14)15(13)23-19-16/h2-3,7-8,11H,4-6,9-10H2,1H3,(H,18,19,21). The van der Waals surface area contributed by atoms with Gasteiger partial charge in [-0.2, -0.15) is 0 Å². The molecule has 2 aliphatic heterocycles. The van der Waals surface area contributed by atoms with Crippen molar-refractivity contribution in [1.82, 2.24) is 10.1 Å². The molecule has 6 nitrogen and oxygen atoms in total. The number of ether oxygens (including phenoxy) is 1. The molecule has 3 heterocycles. The molecule has 0 bridgehead atoms. The van der Waals surface area contributed by atoms with Gasteiger partial charge in [-0.05, 0) is 38.3 Å². The SMILES string of the molecule is CC1CCCCN1C(=O)Nc1noc2c1COc1ccccc1-2. The van der Waals surface area contributed by atoms with E-state index in [9.17, 15) is 4.79 Å². The van der Waals surface area contributed by atoms with Crippen molar-refractivity contribution < 1.29 is 14.1 Å². The van der Waals surface area contributed by atoms with Crippen LogP contribution in [-0.2, 0) is 6.61 Å². The van der Waals surface area contributed by atoms with E-state index in [1.54, 1.807) is 0 Å². The van der Waals surface area contributed by atoms with Gasteiger partial charge in [0.1, 0.15) is 12.4 Å². The normalized spacial score (nSPS) is 19.5. The van der Waals surface area contributed by atoms with Crippen LogP contribution in [0.2, 0.25) is 0 Å². The average Bonchev–Trinajstić information content (AvgIpc) is 2.98. The highest BCUT2D eigenvalue weighted by molar-refractivity contribution is 5.90. The summed E-state index contributed by atoms with van der Waals surface area (Å²) < 4.78 is 11.2. The van der Waals surface area contributed by atoms with E-state index in [2.05, 4.69) is 17.4 Å². The number of piperidine rings is 1. The quantitative estimate of drug-likeness (QED) is 0.872. The average molecular weight is 313 g/mol. The lowest BCUT2D eigenvalue weighted by atomic mass is 10.0. The van der Waals surface area contributed by atoms with Crippen LogP contribution in [-0.4, -0.2) is 28.7 Å². The van der Waals surface area contributed by atoms with E-state index >= 15 is 0 Å². The minimum absolute atomic E-state index is 0.118. The minimum atomic E-state index is -0.118. The summed E-state index contributed by atoms with van der Waals surface area (Å²) in [7, 11) is 0. The molecule has 1 unspecified atom stereocenters. The predicted molar refractivity (Wildman–Crippen MR) is 85.3 cm³/mol. The molecule has 2 aromatic rings. The van der Waals surface area contributed by atoms with Gasteiger partial charge in [-0.3, -0.25) is 5.32 Å². The van der Waals surface area contributed by atoms with Gasteiger partial charge >= 0.3 is 6.03 Å². The van der Waals surface area contributed by atoms with Crippen LogP contribution in [0.3, 0.4) is 0 Å². The molecule has 120 valence electrons. The molecule has 1 N–H and O–H groups in total. The first-order valence-corrected chi connectivity index (χ1v) is 8.02. The van der Waals surface area contributed by atoms with Crippen LogP contribution in [0.1, 0.15) is 31.7 Å². The molecular weight excluding hydrogens is 294 g/mol. The van der Waals surface area contributed by atoms with E-state index in [0.29, 0.717) is 18.2 Å². The molecule has 0 saturated carbocycles. The van der Waals surface area contributed by atoms with Crippen molar-refractivity contribution in [3.63, 3.8) is 0 Å². The second kappa shape index (κ2) is 5.61. The number of para-hydroxylation sites is 1. The number of rotatable bonds is 1.